The number of furan rings is 1. The van der Waals surface area contributed by atoms with Gasteiger partial charge in [-0.25, -0.2) is 4.98 Å². The molecule has 1 saturated heterocycles. The van der Waals surface area contributed by atoms with Gasteiger partial charge in [-0.1, -0.05) is 23.7 Å². The topological polar surface area (TPSA) is 122 Å². The normalized spacial score (nSPS) is 24.9. The number of ether oxygens (including phenoxy) is 2. The monoisotopic (exact) mass is 521 g/mol. The third kappa shape index (κ3) is 5.77. The van der Waals surface area contributed by atoms with Gasteiger partial charge in [0.05, 0.1) is 21.6 Å². The maximum Gasteiger partial charge on any atom is 0.311 e. The van der Waals surface area contributed by atoms with E-state index in [4.69, 9.17) is 25.5 Å². The van der Waals surface area contributed by atoms with Gasteiger partial charge < -0.3 is 29.2 Å². The SMILES string of the molecule is CC(C)(C)C(=O)OC[C@H]1O[C@@H](c2ccc(Cl)c(Cc3ncc(-c4ccco4)s3)c2)[C@H](O)[C@@H](O)[C@@H]1O. The minimum absolute atomic E-state index is 0.257. The van der Waals surface area contributed by atoms with Crippen molar-refractivity contribution < 1.29 is 34.0 Å². The number of hydrogen-bond acceptors (Lipinski definition) is 9. The fourth-order valence-corrected chi connectivity index (χ4v) is 4.83. The predicted octanol–water partition coefficient (Wildman–Crippen LogP) is 3.76. The van der Waals surface area contributed by atoms with Crippen LogP contribution >= 0.6 is 22.9 Å². The first-order chi connectivity index (χ1) is 16.5. The second kappa shape index (κ2) is 10.4. The van der Waals surface area contributed by atoms with Crippen molar-refractivity contribution in [1.29, 1.82) is 0 Å². The molecule has 2 aromatic heterocycles. The summed E-state index contributed by atoms with van der Waals surface area (Å²) < 4.78 is 16.6. The van der Waals surface area contributed by atoms with E-state index in [-0.39, 0.29) is 6.61 Å². The summed E-state index contributed by atoms with van der Waals surface area (Å²) in [5.41, 5.74) is 0.601. The van der Waals surface area contributed by atoms with E-state index in [1.165, 1.54) is 11.3 Å². The first-order valence-corrected chi connectivity index (χ1v) is 12.4. The number of halogens is 1. The zero-order valence-electron chi connectivity index (χ0n) is 19.6. The minimum atomic E-state index is -1.49. The van der Waals surface area contributed by atoms with E-state index in [0.717, 1.165) is 21.2 Å². The van der Waals surface area contributed by atoms with Gasteiger partial charge in [0.1, 0.15) is 42.9 Å². The highest BCUT2D eigenvalue weighted by Gasteiger charge is 2.45. The van der Waals surface area contributed by atoms with E-state index in [2.05, 4.69) is 4.98 Å². The molecule has 5 atom stereocenters. The van der Waals surface area contributed by atoms with E-state index in [1.54, 1.807) is 51.4 Å². The van der Waals surface area contributed by atoms with Gasteiger partial charge in [0, 0.05) is 17.6 Å². The molecule has 3 aromatic rings. The number of rotatable bonds is 6. The molecule has 0 radical (unpaired) electrons. The number of nitrogens with zero attached hydrogens (tertiary/aromatic N) is 1. The Morgan fingerprint density at radius 2 is 1.94 bits per heavy atom. The number of carbonyl (C=O) groups excluding carboxylic acids is 1. The molecule has 35 heavy (non-hydrogen) atoms. The molecule has 1 aromatic carbocycles. The van der Waals surface area contributed by atoms with Crippen LogP contribution in [0.4, 0.5) is 0 Å². The molecule has 0 bridgehead atoms. The lowest BCUT2D eigenvalue weighted by atomic mass is 9.90. The number of hydrogen-bond donors (Lipinski definition) is 3. The van der Waals surface area contributed by atoms with Crippen LogP contribution in [0.3, 0.4) is 0 Å². The summed E-state index contributed by atoms with van der Waals surface area (Å²) in [5.74, 6) is 0.273. The molecule has 3 heterocycles. The Labute approximate surface area is 212 Å². The van der Waals surface area contributed by atoms with Gasteiger partial charge in [-0.3, -0.25) is 4.79 Å². The summed E-state index contributed by atoms with van der Waals surface area (Å²) in [4.78, 5) is 17.5. The van der Waals surface area contributed by atoms with Gasteiger partial charge >= 0.3 is 5.97 Å². The number of esters is 1. The van der Waals surface area contributed by atoms with Crippen LogP contribution in [0.25, 0.3) is 10.6 Å². The maximum absolute atomic E-state index is 12.1. The number of carbonyl (C=O) groups is 1. The van der Waals surface area contributed by atoms with Crippen molar-refractivity contribution in [2.24, 2.45) is 5.41 Å². The van der Waals surface area contributed by atoms with Gasteiger partial charge in [-0.2, -0.15) is 0 Å². The number of aromatic nitrogens is 1. The molecule has 3 N–H and O–H groups in total. The Bertz CT molecular complexity index is 1160. The average molecular weight is 522 g/mol. The van der Waals surface area contributed by atoms with Crippen molar-refractivity contribution >= 4 is 28.9 Å². The second-order valence-electron chi connectivity index (χ2n) is 9.54. The highest BCUT2D eigenvalue weighted by atomic mass is 35.5. The zero-order chi connectivity index (χ0) is 25.3. The van der Waals surface area contributed by atoms with Crippen LogP contribution in [0.5, 0.6) is 0 Å². The van der Waals surface area contributed by atoms with Crippen molar-refractivity contribution in [3.63, 3.8) is 0 Å². The van der Waals surface area contributed by atoms with Gasteiger partial charge in [-0.05, 0) is 50.1 Å². The number of aliphatic hydroxyl groups excluding tert-OH is 3. The Balaban J connectivity index is 1.52. The standard InChI is InChI=1S/C25H28ClNO7S/c1-25(2,3)24(31)33-12-17-20(28)21(29)22(30)23(34-17)13-6-7-15(26)14(9-13)10-19-27-11-18(35-19)16-5-4-8-32-16/h4-9,11,17,20-23,28-30H,10,12H2,1-3H3/t17-,20-,21+,22-,23+/m1/s1. The van der Waals surface area contributed by atoms with Crippen LogP contribution in [0.1, 0.15) is 43.0 Å². The Kier molecular flexibility index (Phi) is 7.65. The van der Waals surface area contributed by atoms with Crippen molar-refractivity contribution in [3.8, 4) is 10.6 Å². The zero-order valence-corrected chi connectivity index (χ0v) is 21.1. The average Bonchev–Trinajstić information content (AvgIpc) is 3.50. The van der Waals surface area contributed by atoms with E-state index >= 15 is 0 Å². The van der Waals surface area contributed by atoms with Crippen LogP contribution in [-0.2, 0) is 20.7 Å². The fourth-order valence-electron chi connectivity index (χ4n) is 3.73. The molecule has 1 aliphatic heterocycles. The maximum atomic E-state index is 12.1. The quantitative estimate of drug-likeness (QED) is 0.419. The van der Waals surface area contributed by atoms with Gasteiger partial charge in [0.25, 0.3) is 0 Å². The van der Waals surface area contributed by atoms with Crippen LogP contribution in [0.2, 0.25) is 5.02 Å². The van der Waals surface area contributed by atoms with E-state index < -0.39 is 41.9 Å². The van der Waals surface area contributed by atoms with Crippen LogP contribution < -0.4 is 0 Å². The van der Waals surface area contributed by atoms with Gasteiger partial charge in [0.2, 0.25) is 0 Å². The van der Waals surface area contributed by atoms with Crippen molar-refractivity contribution in [2.75, 3.05) is 6.61 Å². The Morgan fingerprint density at radius 1 is 1.17 bits per heavy atom. The molecule has 0 amide bonds. The molecule has 0 unspecified atom stereocenters. The van der Waals surface area contributed by atoms with Crippen molar-refractivity contribution in [3.05, 3.63) is 63.9 Å². The molecule has 188 valence electrons. The third-order valence-electron chi connectivity index (χ3n) is 5.76. The molecular weight excluding hydrogens is 494 g/mol. The summed E-state index contributed by atoms with van der Waals surface area (Å²) in [6.45, 7) is 4.88. The lowest BCUT2D eigenvalue weighted by molar-refractivity contribution is -0.235. The minimum Gasteiger partial charge on any atom is -0.463 e. The second-order valence-corrected chi connectivity index (χ2v) is 11.1. The molecule has 8 nitrogen and oxygen atoms in total. The van der Waals surface area contributed by atoms with E-state index in [0.29, 0.717) is 17.0 Å². The van der Waals surface area contributed by atoms with Crippen molar-refractivity contribution in [1.82, 2.24) is 4.98 Å². The van der Waals surface area contributed by atoms with Crippen LogP contribution in [0, 0.1) is 5.41 Å². The van der Waals surface area contributed by atoms with Gasteiger partial charge in [0.15, 0.2) is 0 Å². The Hall–Kier alpha value is -2.27. The highest BCUT2D eigenvalue weighted by molar-refractivity contribution is 7.15. The first kappa shape index (κ1) is 25.8. The van der Waals surface area contributed by atoms with Gasteiger partial charge in [-0.15, -0.1) is 11.3 Å². The number of thiazole rings is 1. The predicted molar refractivity (Wildman–Crippen MR) is 130 cm³/mol. The fraction of sp³-hybridized carbons (Fsp3) is 0.440. The largest absolute Gasteiger partial charge is 0.463 e. The highest BCUT2D eigenvalue weighted by Crippen LogP contribution is 2.35. The molecule has 1 fully saturated rings. The Morgan fingerprint density at radius 3 is 2.63 bits per heavy atom. The summed E-state index contributed by atoms with van der Waals surface area (Å²) in [6.07, 6.45) is -2.48. The smallest absolute Gasteiger partial charge is 0.311 e. The summed E-state index contributed by atoms with van der Waals surface area (Å²) in [5, 5.41) is 32.9. The van der Waals surface area contributed by atoms with E-state index in [9.17, 15) is 20.1 Å². The number of aliphatic hydroxyl groups is 3. The van der Waals surface area contributed by atoms with Crippen molar-refractivity contribution in [2.45, 2.75) is 57.7 Å². The molecule has 0 saturated carbocycles. The first-order valence-electron chi connectivity index (χ1n) is 11.2. The molecule has 0 aliphatic carbocycles. The number of benzene rings is 1. The lowest BCUT2D eigenvalue weighted by Gasteiger charge is -2.41. The summed E-state index contributed by atoms with van der Waals surface area (Å²) in [6, 6.07) is 8.84. The molecule has 1 aliphatic rings. The molecular formula is C25H28ClNO7S. The molecule has 10 heteroatoms. The third-order valence-corrected chi connectivity index (χ3v) is 7.14. The molecule has 0 spiro atoms. The van der Waals surface area contributed by atoms with E-state index in [1.807, 2.05) is 12.1 Å². The summed E-state index contributed by atoms with van der Waals surface area (Å²) >= 11 is 7.93. The lowest BCUT2D eigenvalue weighted by Crippen LogP contribution is -2.55. The molecule has 4 rings (SSSR count). The van der Waals surface area contributed by atoms with Crippen LogP contribution in [0.15, 0.2) is 47.2 Å². The summed E-state index contributed by atoms with van der Waals surface area (Å²) in [7, 11) is 0. The van der Waals surface area contributed by atoms with Crippen LogP contribution in [-0.4, -0.2) is 57.3 Å².